The van der Waals surface area contributed by atoms with Crippen molar-refractivity contribution in [2.75, 3.05) is 0 Å². The van der Waals surface area contributed by atoms with E-state index < -0.39 is 0 Å². The molecule has 3 aromatic rings. The maximum absolute atomic E-state index is 13.2. The lowest BCUT2D eigenvalue weighted by molar-refractivity contribution is -0.124. The maximum atomic E-state index is 13.2. The van der Waals surface area contributed by atoms with Crippen molar-refractivity contribution in [1.82, 2.24) is 19.7 Å². The minimum absolute atomic E-state index is 0.0183. The third-order valence-electron chi connectivity index (χ3n) is 6.42. The highest BCUT2D eigenvalue weighted by molar-refractivity contribution is 5.89. The normalized spacial score (nSPS) is 16.4. The number of nitrogens with zero attached hydrogens (tertiary/aromatic N) is 3. The molecule has 0 spiro atoms. The summed E-state index contributed by atoms with van der Waals surface area (Å²) >= 11 is 0. The molecule has 4 rings (SSSR count). The van der Waals surface area contributed by atoms with E-state index in [4.69, 9.17) is 0 Å². The van der Waals surface area contributed by atoms with Crippen molar-refractivity contribution in [2.45, 2.75) is 71.4 Å². The molecule has 1 aliphatic rings. The number of nitrogens with one attached hydrogen (secondary N) is 1. The van der Waals surface area contributed by atoms with E-state index in [1.165, 1.54) is 30.4 Å². The second-order valence-electron chi connectivity index (χ2n) is 8.40. The molecule has 6 nitrogen and oxygen atoms in total. The van der Waals surface area contributed by atoms with Crippen molar-refractivity contribution in [3.05, 3.63) is 58.3 Å². The van der Waals surface area contributed by atoms with E-state index in [1.807, 2.05) is 55.7 Å². The van der Waals surface area contributed by atoms with Gasteiger partial charge in [-0.3, -0.25) is 9.59 Å². The van der Waals surface area contributed by atoms with Gasteiger partial charge in [0.15, 0.2) is 0 Å². The van der Waals surface area contributed by atoms with Crippen LogP contribution in [0.4, 0.5) is 0 Å². The molecule has 1 saturated carbocycles. The number of para-hydroxylation sites is 1. The predicted octanol–water partition coefficient (Wildman–Crippen LogP) is 4.20. The second kappa shape index (κ2) is 8.46. The lowest BCUT2D eigenvalue weighted by atomic mass is 10.1. The number of hydrogen-bond donors (Lipinski definition) is 1. The molecule has 0 aliphatic heterocycles. The van der Waals surface area contributed by atoms with E-state index in [1.54, 1.807) is 6.20 Å². The number of hydrogen-bond acceptors (Lipinski definition) is 3. The minimum atomic E-state index is -0.384. The summed E-state index contributed by atoms with van der Waals surface area (Å²) in [6, 6.07) is 9.28. The van der Waals surface area contributed by atoms with Gasteiger partial charge in [-0.2, -0.15) is 9.78 Å². The zero-order valence-electron chi connectivity index (χ0n) is 18.0. The highest BCUT2D eigenvalue weighted by Gasteiger charge is 2.25. The fourth-order valence-corrected chi connectivity index (χ4v) is 4.78. The summed E-state index contributed by atoms with van der Waals surface area (Å²) in [5, 5.41) is 9.07. The first-order chi connectivity index (χ1) is 14.5. The van der Waals surface area contributed by atoms with Gasteiger partial charge in [0.05, 0.1) is 17.3 Å². The molecule has 1 aliphatic carbocycles. The first kappa shape index (κ1) is 20.4. The van der Waals surface area contributed by atoms with Crippen LogP contribution < -0.4 is 10.9 Å². The van der Waals surface area contributed by atoms with Crippen LogP contribution in [0.1, 0.15) is 62.9 Å². The molecule has 0 saturated heterocycles. The van der Waals surface area contributed by atoms with Crippen LogP contribution in [0.5, 0.6) is 0 Å². The molecule has 0 radical (unpaired) electrons. The van der Waals surface area contributed by atoms with Crippen LogP contribution in [0.3, 0.4) is 0 Å². The summed E-state index contributed by atoms with van der Waals surface area (Å²) in [4.78, 5) is 26.3. The number of fused-ring (bicyclic) bond motifs is 1. The Bertz CT molecular complexity index is 1110. The molecule has 6 heteroatoms. The van der Waals surface area contributed by atoms with Crippen molar-refractivity contribution in [3.8, 4) is 5.69 Å². The Hall–Kier alpha value is -2.89. The molecule has 1 N–H and O–H groups in total. The molecule has 1 atom stereocenters. The third-order valence-corrected chi connectivity index (χ3v) is 6.42. The van der Waals surface area contributed by atoms with E-state index in [9.17, 15) is 9.59 Å². The van der Waals surface area contributed by atoms with Gasteiger partial charge < -0.3 is 9.88 Å². The molecule has 30 heavy (non-hydrogen) atoms. The van der Waals surface area contributed by atoms with Crippen molar-refractivity contribution in [3.63, 3.8) is 0 Å². The monoisotopic (exact) mass is 406 g/mol. The summed E-state index contributed by atoms with van der Waals surface area (Å²) in [5.74, 6) is 0.0183. The third kappa shape index (κ3) is 3.66. The molecule has 0 unspecified atom stereocenters. The largest absolute Gasteiger partial charge is 0.352 e. The zero-order valence-corrected chi connectivity index (χ0v) is 18.0. The first-order valence-corrected chi connectivity index (χ1v) is 10.9. The Labute approximate surface area is 176 Å². The van der Waals surface area contributed by atoms with Crippen LogP contribution in [-0.4, -0.2) is 26.3 Å². The van der Waals surface area contributed by atoms with Gasteiger partial charge in [0.2, 0.25) is 5.91 Å². The van der Waals surface area contributed by atoms with Crippen LogP contribution >= 0.6 is 0 Å². The van der Waals surface area contributed by atoms with Crippen LogP contribution in [0, 0.1) is 13.8 Å². The lowest BCUT2D eigenvalue weighted by Crippen LogP contribution is -2.39. The summed E-state index contributed by atoms with van der Waals surface area (Å²) in [5.41, 5.74) is 2.28. The average Bonchev–Trinajstić information content (AvgIpc) is 2.90. The molecule has 2 heterocycles. The fourth-order valence-electron chi connectivity index (χ4n) is 4.78. The summed E-state index contributed by atoms with van der Waals surface area (Å²) in [6.45, 7) is 5.79. The highest BCUT2D eigenvalue weighted by Crippen LogP contribution is 2.27. The van der Waals surface area contributed by atoms with E-state index in [0.29, 0.717) is 5.39 Å². The second-order valence-corrected chi connectivity index (χ2v) is 8.40. The molecular formula is C24H30N4O2. The van der Waals surface area contributed by atoms with Crippen molar-refractivity contribution < 1.29 is 4.79 Å². The summed E-state index contributed by atoms with van der Waals surface area (Å²) in [7, 11) is 0. The number of carbonyl (C=O) groups excluding carboxylic acids is 1. The number of rotatable bonds is 4. The Morgan fingerprint density at radius 1 is 1.07 bits per heavy atom. The molecule has 158 valence electrons. The zero-order chi connectivity index (χ0) is 21.3. The molecule has 1 fully saturated rings. The van der Waals surface area contributed by atoms with Gasteiger partial charge in [-0.15, -0.1) is 0 Å². The molecule has 1 amide bonds. The number of benzene rings is 1. The summed E-state index contributed by atoms with van der Waals surface area (Å²) < 4.78 is 3.41. The van der Waals surface area contributed by atoms with Gasteiger partial charge in [-0.25, -0.2) is 0 Å². The number of aryl methyl sites for hydroxylation is 2. The summed E-state index contributed by atoms with van der Waals surface area (Å²) in [6.07, 6.45) is 8.70. The van der Waals surface area contributed by atoms with Crippen LogP contribution in [0.15, 0.2) is 41.3 Å². The van der Waals surface area contributed by atoms with Gasteiger partial charge in [0.25, 0.3) is 5.56 Å². The minimum Gasteiger partial charge on any atom is -0.352 e. The number of carbonyl (C=O) groups is 1. The first-order valence-electron chi connectivity index (χ1n) is 10.9. The Kier molecular flexibility index (Phi) is 5.75. The maximum Gasteiger partial charge on any atom is 0.281 e. The number of amides is 1. The molecule has 2 aromatic heterocycles. The molecule has 1 aromatic carbocycles. The van der Waals surface area contributed by atoms with Crippen LogP contribution in [0.25, 0.3) is 16.5 Å². The van der Waals surface area contributed by atoms with Gasteiger partial charge in [-0.1, -0.05) is 43.9 Å². The van der Waals surface area contributed by atoms with Crippen LogP contribution in [-0.2, 0) is 4.79 Å². The predicted molar refractivity (Wildman–Crippen MR) is 119 cm³/mol. The van der Waals surface area contributed by atoms with Crippen molar-refractivity contribution in [2.24, 2.45) is 0 Å². The van der Waals surface area contributed by atoms with Gasteiger partial charge in [0.1, 0.15) is 6.04 Å². The Morgan fingerprint density at radius 3 is 2.40 bits per heavy atom. The number of aromatic nitrogens is 3. The Morgan fingerprint density at radius 2 is 1.73 bits per heavy atom. The van der Waals surface area contributed by atoms with E-state index >= 15 is 0 Å². The van der Waals surface area contributed by atoms with Crippen molar-refractivity contribution >= 4 is 16.7 Å². The Balaban J connectivity index is 1.70. The SMILES string of the molecule is Cc1c2cnn(-c3ccccc3)c(=O)c2c(C)n1[C@@H](C)C(=O)NC1CCCCCC1. The van der Waals surface area contributed by atoms with Gasteiger partial charge >= 0.3 is 0 Å². The lowest BCUT2D eigenvalue weighted by Gasteiger charge is -2.22. The quantitative estimate of drug-likeness (QED) is 0.660. The van der Waals surface area contributed by atoms with Gasteiger partial charge in [0, 0.05) is 22.8 Å². The highest BCUT2D eigenvalue weighted by atomic mass is 16.2. The smallest absolute Gasteiger partial charge is 0.281 e. The molecular weight excluding hydrogens is 376 g/mol. The van der Waals surface area contributed by atoms with Crippen molar-refractivity contribution in [1.29, 1.82) is 0 Å². The van der Waals surface area contributed by atoms with E-state index in [-0.39, 0.29) is 23.6 Å². The van der Waals surface area contributed by atoms with E-state index in [0.717, 1.165) is 35.3 Å². The fraction of sp³-hybridized carbons (Fsp3) is 0.458. The van der Waals surface area contributed by atoms with Gasteiger partial charge in [-0.05, 0) is 45.7 Å². The average molecular weight is 407 g/mol. The van der Waals surface area contributed by atoms with Crippen LogP contribution in [0.2, 0.25) is 0 Å². The van der Waals surface area contributed by atoms with E-state index in [2.05, 4.69) is 10.4 Å². The topological polar surface area (TPSA) is 68.9 Å². The molecule has 0 bridgehead atoms. The standard InChI is InChI=1S/C24H30N4O2/c1-16-21-15-25-28(20-13-9-6-10-14-20)24(30)22(21)17(2)27(16)18(3)23(29)26-19-11-7-4-5-8-12-19/h6,9-10,13-15,18-19H,4-5,7-8,11-12H2,1-3H3,(H,26,29)/t18-/m0/s1.